The maximum atomic E-state index is 12.0. The van der Waals surface area contributed by atoms with Crippen LogP contribution in [0.1, 0.15) is 21.6 Å². The molecule has 0 aliphatic rings. The second-order valence-corrected chi connectivity index (χ2v) is 4.59. The molecule has 1 atom stereocenters. The highest BCUT2D eigenvalue weighted by Gasteiger charge is 2.21. The lowest BCUT2D eigenvalue weighted by molar-refractivity contribution is -0.139. The zero-order valence-corrected chi connectivity index (χ0v) is 11.6. The van der Waals surface area contributed by atoms with Gasteiger partial charge in [-0.15, -0.1) is 0 Å². The highest BCUT2D eigenvalue weighted by Crippen LogP contribution is 2.07. The molecule has 2 N–H and O–H groups in total. The molecule has 6 heteroatoms. The molecule has 0 saturated heterocycles. The quantitative estimate of drug-likeness (QED) is 0.867. The van der Waals surface area contributed by atoms with Crippen LogP contribution >= 0.6 is 0 Å². The summed E-state index contributed by atoms with van der Waals surface area (Å²) in [5, 5.41) is 20.4. The number of hydrogen-bond acceptors (Lipinski definition) is 4. The number of carboxylic acids is 1. The van der Waals surface area contributed by atoms with E-state index in [2.05, 4.69) is 10.3 Å². The standard InChI is InChI=1S/C16H13N3O3/c17-10-12-6-4-11(5-7-12)9-14(16(21)22)19-15(20)13-3-1-2-8-18-13/h1-8,14H,9H2,(H,19,20)(H,21,22)/t14-/m1/s1. The van der Waals surface area contributed by atoms with E-state index in [1.54, 1.807) is 36.4 Å². The van der Waals surface area contributed by atoms with Gasteiger partial charge in [-0.1, -0.05) is 18.2 Å². The molecular weight excluding hydrogens is 282 g/mol. The van der Waals surface area contributed by atoms with Crippen molar-refractivity contribution in [2.24, 2.45) is 0 Å². The first kappa shape index (κ1) is 15.2. The first-order chi connectivity index (χ1) is 10.6. The van der Waals surface area contributed by atoms with Crippen LogP contribution in [0.3, 0.4) is 0 Å². The van der Waals surface area contributed by atoms with Gasteiger partial charge < -0.3 is 10.4 Å². The van der Waals surface area contributed by atoms with Gasteiger partial charge in [-0.05, 0) is 29.8 Å². The molecule has 0 radical (unpaired) electrons. The van der Waals surface area contributed by atoms with Crippen LogP contribution in [0.15, 0.2) is 48.7 Å². The molecule has 2 rings (SSSR count). The molecule has 1 heterocycles. The largest absolute Gasteiger partial charge is 0.480 e. The summed E-state index contributed by atoms with van der Waals surface area (Å²) < 4.78 is 0. The normalized spacial score (nSPS) is 11.2. The van der Waals surface area contributed by atoms with Gasteiger partial charge in [0.1, 0.15) is 11.7 Å². The first-order valence-electron chi connectivity index (χ1n) is 6.54. The molecule has 0 fully saturated rings. The minimum atomic E-state index is -1.13. The number of nitrogens with one attached hydrogen (secondary N) is 1. The van der Waals surface area contributed by atoms with Gasteiger partial charge in [-0.25, -0.2) is 4.79 Å². The van der Waals surface area contributed by atoms with Crippen molar-refractivity contribution in [2.45, 2.75) is 12.5 Å². The summed E-state index contributed by atoms with van der Waals surface area (Å²) >= 11 is 0. The molecule has 0 spiro atoms. The average molecular weight is 295 g/mol. The molecule has 0 aliphatic heterocycles. The van der Waals surface area contributed by atoms with Crippen molar-refractivity contribution < 1.29 is 14.7 Å². The Kier molecular flexibility index (Phi) is 4.83. The Bertz CT molecular complexity index is 706. The van der Waals surface area contributed by atoms with E-state index in [-0.39, 0.29) is 12.1 Å². The summed E-state index contributed by atoms with van der Waals surface area (Å²) in [5.41, 5.74) is 1.37. The van der Waals surface area contributed by atoms with Gasteiger partial charge >= 0.3 is 5.97 Å². The maximum absolute atomic E-state index is 12.0. The van der Waals surface area contributed by atoms with E-state index in [9.17, 15) is 14.7 Å². The number of rotatable bonds is 5. The Morgan fingerprint density at radius 3 is 2.50 bits per heavy atom. The molecule has 0 saturated carbocycles. The lowest BCUT2D eigenvalue weighted by Gasteiger charge is -2.14. The smallest absolute Gasteiger partial charge is 0.326 e. The van der Waals surface area contributed by atoms with Crippen LogP contribution in [0.5, 0.6) is 0 Å². The van der Waals surface area contributed by atoms with E-state index in [4.69, 9.17) is 5.26 Å². The zero-order chi connectivity index (χ0) is 15.9. The van der Waals surface area contributed by atoms with Crippen molar-refractivity contribution in [2.75, 3.05) is 0 Å². The number of carbonyl (C=O) groups excluding carboxylic acids is 1. The van der Waals surface area contributed by atoms with E-state index < -0.39 is 17.9 Å². The number of carbonyl (C=O) groups is 2. The van der Waals surface area contributed by atoms with Crippen LogP contribution < -0.4 is 5.32 Å². The summed E-state index contributed by atoms with van der Waals surface area (Å²) in [7, 11) is 0. The van der Waals surface area contributed by atoms with Crippen molar-refractivity contribution in [3.8, 4) is 6.07 Å². The van der Waals surface area contributed by atoms with Gasteiger partial charge in [0.25, 0.3) is 5.91 Å². The number of benzene rings is 1. The number of hydrogen-bond donors (Lipinski definition) is 2. The SMILES string of the molecule is N#Cc1ccc(C[C@@H](NC(=O)c2ccccn2)C(=O)O)cc1. The second kappa shape index (κ2) is 6.99. The molecule has 2 aromatic rings. The molecule has 1 amide bonds. The number of amides is 1. The number of carboxylic acid groups (broad SMARTS) is 1. The Morgan fingerprint density at radius 2 is 1.95 bits per heavy atom. The number of nitrogens with zero attached hydrogens (tertiary/aromatic N) is 2. The molecule has 110 valence electrons. The van der Waals surface area contributed by atoms with Gasteiger partial charge in [-0.3, -0.25) is 9.78 Å². The van der Waals surface area contributed by atoms with Crippen molar-refractivity contribution in [1.82, 2.24) is 10.3 Å². The lowest BCUT2D eigenvalue weighted by Crippen LogP contribution is -2.42. The number of aromatic nitrogens is 1. The summed E-state index contributed by atoms with van der Waals surface area (Å²) in [6.07, 6.45) is 1.59. The predicted octanol–water partition coefficient (Wildman–Crippen LogP) is 1.38. The Balaban J connectivity index is 2.08. The monoisotopic (exact) mass is 295 g/mol. The maximum Gasteiger partial charge on any atom is 0.326 e. The van der Waals surface area contributed by atoms with Crippen LogP contribution in [-0.2, 0) is 11.2 Å². The summed E-state index contributed by atoms with van der Waals surface area (Å²) in [4.78, 5) is 27.2. The molecule has 1 aromatic heterocycles. The number of pyridine rings is 1. The Hall–Kier alpha value is -3.20. The second-order valence-electron chi connectivity index (χ2n) is 4.59. The van der Waals surface area contributed by atoms with E-state index in [0.29, 0.717) is 11.1 Å². The summed E-state index contributed by atoms with van der Waals surface area (Å²) in [5.74, 6) is -1.67. The molecule has 0 aliphatic carbocycles. The van der Waals surface area contributed by atoms with Gasteiger partial charge in [0.15, 0.2) is 0 Å². The van der Waals surface area contributed by atoms with Gasteiger partial charge in [0, 0.05) is 12.6 Å². The minimum Gasteiger partial charge on any atom is -0.480 e. The average Bonchev–Trinajstić information content (AvgIpc) is 2.55. The molecule has 22 heavy (non-hydrogen) atoms. The van der Waals surface area contributed by atoms with Crippen LogP contribution in [-0.4, -0.2) is 28.0 Å². The van der Waals surface area contributed by atoms with Crippen LogP contribution in [0.4, 0.5) is 0 Å². The van der Waals surface area contributed by atoms with Gasteiger partial charge in [0.05, 0.1) is 11.6 Å². The van der Waals surface area contributed by atoms with E-state index >= 15 is 0 Å². The lowest BCUT2D eigenvalue weighted by atomic mass is 10.0. The first-order valence-corrected chi connectivity index (χ1v) is 6.54. The third-order valence-corrected chi connectivity index (χ3v) is 3.02. The predicted molar refractivity (Wildman–Crippen MR) is 78.0 cm³/mol. The molecule has 0 unspecified atom stereocenters. The minimum absolute atomic E-state index is 0.125. The third-order valence-electron chi connectivity index (χ3n) is 3.02. The fourth-order valence-corrected chi connectivity index (χ4v) is 1.88. The van der Waals surface area contributed by atoms with Crippen molar-refractivity contribution in [1.29, 1.82) is 5.26 Å². The topological polar surface area (TPSA) is 103 Å². The Morgan fingerprint density at radius 1 is 1.23 bits per heavy atom. The highest BCUT2D eigenvalue weighted by atomic mass is 16.4. The Labute approximate surface area is 127 Å². The number of nitriles is 1. The fraction of sp³-hybridized carbons (Fsp3) is 0.125. The third kappa shape index (κ3) is 3.90. The van der Waals surface area contributed by atoms with Gasteiger partial charge in [-0.2, -0.15) is 5.26 Å². The van der Waals surface area contributed by atoms with Crippen molar-refractivity contribution in [3.63, 3.8) is 0 Å². The molecular formula is C16H13N3O3. The van der Waals surface area contributed by atoms with E-state index in [1.165, 1.54) is 12.3 Å². The fourth-order valence-electron chi connectivity index (χ4n) is 1.88. The molecule has 1 aromatic carbocycles. The van der Waals surface area contributed by atoms with Crippen molar-refractivity contribution >= 4 is 11.9 Å². The number of aliphatic carboxylic acids is 1. The van der Waals surface area contributed by atoms with Crippen LogP contribution in [0.25, 0.3) is 0 Å². The molecule has 0 bridgehead atoms. The van der Waals surface area contributed by atoms with Crippen LogP contribution in [0.2, 0.25) is 0 Å². The van der Waals surface area contributed by atoms with Crippen LogP contribution in [0, 0.1) is 11.3 Å². The van der Waals surface area contributed by atoms with Gasteiger partial charge in [0.2, 0.25) is 0 Å². The molecule has 6 nitrogen and oxygen atoms in total. The highest BCUT2D eigenvalue weighted by molar-refractivity contribution is 5.94. The summed E-state index contributed by atoms with van der Waals surface area (Å²) in [6.45, 7) is 0. The summed E-state index contributed by atoms with van der Waals surface area (Å²) in [6, 6.07) is 12.3. The van der Waals surface area contributed by atoms with E-state index in [1.807, 2.05) is 6.07 Å². The zero-order valence-electron chi connectivity index (χ0n) is 11.6. The van der Waals surface area contributed by atoms with E-state index in [0.717, 1.165) is 0 Å². The van der Waals surface area contributed by atoms with Crippen molar-refractivity contribution in [3.05, 3.63) is 65.5 Å².